The minimum absolute atomic E-state index is 0.403. The van der Waals surface area contributed by atoms with E-state index in [1.165, 1.54) is 44.0 Å². The number of hydrogen-bond acceptors (Lipinski definition) is 3. The summed E-state index contributed by atoms with van der Waals surface area (Å²) in [4.78, 5) is 8.63. The number of aromatic nitrogens is 3. The zero-order valence-corrected chi connectivity index (χ0v) is 16.7. The molecule has 1 aliphatic rings. The molecule has 2 unspecified atom stereocenters. The maximum atomic E-state index is 4.41. The quantitative estimate of drug-likeness (QED) is 0.536. The van der Waals surface area contributed by atoms with Crippen LogP contribution in [0.15, 0.2) is 35.6 Å². The van der Waals surface area contributed by atoms with Crippen molar-refractivity contribution in [3.63, 3.8) is 0 Å². The molecule has 27 heavy (non-hydrogen) atoms. The van der Waals surface area contributed by atoms with Crippen LogP contribution in [0.2, 0.25) is 0 Å². The van der Waals surface area contributed by atoms with E-state index in [2.05, 4.69) is 56.8 Å². The molecule has 1 heterocycles. The third-order valence-corrected chi connectivity index (χ3v) is 5.85. The van der Waals surface area contributed by atoms with Crippen LogP contribution in [0.1, 0.15) is 51.5 Å². The van der Waals surface area contributed by atoms with E-state index in [0.717, 1.165) is 23.3 Å². The first-order valence-electron chi connectivity index (χ1n) is 10.1. The molecule has 0 bridgehead atoms. The summed E-state index contributed by atoms with van der Waals surface area (Å²) in [6, 6.07) is 8.70. The number of aliphatic imine (C=N–C) groups is 1. The van der Waals surface area contributed by atoms with Crippen molar-refractivity contribution in [3.8, 4) is 11.4 Å². The van der Waals surface area contributed by atoms with Gasteiger partial charge in [-0.2, -0.15) is 5.10 Å². The predicted molar refractivity (Wildman–Crippen MR) is 110 cm³/mol. The Bertz CT molecular complexity index is 718. The fourth-order valence-corrected chi connectivity index (χ4v) is 3.97. The lowest BCUT2D eigenvalue weighted by Crippen LogP contribution is -2.46. The van der Waals surface area contributed by atoms with E-state index in [1.807, 2.05) is 19.2 Å². The van der Waals surface area contributed by atoms with E-state index in [0.29, 0.717) is 18.5 Å². The van der Waals surface area contributed by atoms with Crippen molar-refractivity contribution in [2.24, 2.45) is 16.8 Å². The maximum absolute atomic E-state index is 4.41. The lowest BCUT2D eigenvalue weighted by atomic mass is 9.78. The predicted octanol–water partition coefficient (Wildman–Crippen LogP) is 3.74. The number of hydrogen-bond donors (Lipinski definition) is 3. The van der Waals surface area contributed by atoms with Crippen LogP contribution in [0.25, 0.3) is 11.4 Å². The molecule has 146 valence electrons. The molecule has 6 nitrogen and oxygen atoms in total. The molecule has 0 aliphatic heterocycles. The first-order valence-corrected chi connectivity index (χ1v) is 10.1. The highest BCUT2D eigenvalue weighted by Gasteiger charge is 2.24. The van der Waals surface area contributed by atoms with Crippen molar-refractivity contribution in [1.29, 1.82) is 0 Å². The molecule has 0 radical (unpaired) electrons. The zero-order chi connectivity index (χ0) is 19.1. The van der Waals surface area contributed by atoms with Crippen LogP contribution in [0.3, 0.4) is 0 Å². The monoisotopic (exact) mass is 368 g/mol. The summed E-state index contributed by atoms with van der Waals surface area (Å²) in [5.74, 6) is 3.13. The lowest BCUT2D eigenvalue weighted by molar-refractivity contribution is 0.229. The van der Waals surface area contributed by atoms with E-state index >= 15 is 0 Å². The van der Waals surface area contributed by atoms with Crippen molar-refractivity contribution < 1.29 is 0 Å². The topological polar surface area (TPSA) is 78.0 Å². The van der Waals surface area contributed by atoms with Crippen LogP contribution in [-0.4, -0.2) is 34.2 Å². The van der Waals surface area contributed by atoms with Gasteiger partial charge >= 0.3 is 0 Å². The average molecular weight is 369 g/mol. The van der Waals surface area contributed by atoms with E-state index in [9.17, 15) is 0 Å². The maximum Gasteiger partial charge on any atom is 0.191 e. The van der Waals surface area contributed by atoms with E-state index in [1.54, 1.807) is 0 Å². The Morgan fingerprint density at radius 1 is 1.26 bits per heavy atom. The molecular weight excluding hydrogens is 336 g/mol. The van der Waals surface area contributed by atoms with Crippen LogP contribution < -0.4 is 10.6 Å². The Balaban J connectivity index is 1.54. The van der Waals surface area contributed by atoms with Crippen LogP contribution >= 0.6 is 0 Å². The normalized spacial score (nSPS) is 18.1. The summed E-state index contributed by atoms with van der Waals surface area (Å²) in [7, 11) is 1.83. The van der Waals surface area contributed by atoms with Crippen molar-refractivity contribution in [3.05, 3.63) is 36.2 Å². The highest BCUT2D eigenvalue weighted by Crippen LogP contribution is 2.31. The highest BCUT2D eigenvalue weighted by molar-refractivity contribution is 5.80. The van der Waals surface area contributed by atoms with E-state index in [4.69, 9.17) is 0 Å². The second-order valence-electron chi connectivity index (χ2n) is 7.65. The van der Waals surface area contributed by atoms with Gasteiger partial charge in [0, 0.05) is 25.2 Å². The third-order valence-electron chi connectivity index (χ3n) is 5.85. The van der Waals surface area contributed by atoms with Gasteiger partial charge in [0.15, 0.2) is 11.8 Å². The molecule has 3 N–H and O–H groups in total. The molecule has 1 fully saturated rings. The Morgan fingerprint density at radius 2 is 2.07 bits per heavy atom. The van der Waals surface area contributed by atoms with E-state index < -0.39 is 0 Å². The van der Waals surface area contributed by atoms with Crippen molar-refractivity contribution >= 4 is 5.96 Å². The van der Waals surface area contributed by atoms with Gasteiger partial charge in [-0.15, -0.1) is 0 Å². The standard InChI is InChI=1S/C21H32N6/c1-15(18-9-5-4-6-10-18)16(2)26-21(22-3)23-13-17-8-7-11-19(12-17)20-24-14-25-27-20/h7-8,11-12,14-16,18H,4-6,9-10,13H2,1-3H3,(H2,22,23,26)(H,24,25,27). The number of nitrogens with one attached hydrogen (secondary N) is 3. The molecular formula is C21H32N6. The minimum Gasteiger partial charge on any atom is -0.354 e. The Kier molecular flexibility index (Phi) is 6.85. The largest absolute Gasteiger partial charge is 0.354 e. The molecule has 0 amide bonds. The molecule has 2 atom stereocenters. The number of nitrogens with zero attached hydrogens (tertiary/aromatic N) is 3. The number of aromatic amines is 1. The molecule has 6 heteroatoms. The summed E-state index contributed by atoms with van der Waals surface area (Å²) >= 11 is 0. The molecule has 1 aliphatic carbocycles. The summed E-state index contributed by atoms with van der Waals surface area (Å²) in [5, 5.41) is 13.9. The van der Waals surface area contributed by atoms with Gasteiger partial charge in [0.2, 0.25) is 0 Å². The van der Waals surface area contributed by atoms with Crippen molar-refractivity contribution in [1.82, 2.24) is 25.8 Å². The molecule has 3 rings (SSSR count). The third kappa shape index (κ3) is 5.31. The smallest absolute Gasteiger partial charge is 0.191 e. The summed E-state index contributed by atoms with van der Waals surface area (Å²) in [5.41, 5.74) is 2.22. The van der Waals surface area contributed by atoms with Gasteiger partial charge in [0.05, 0.1) is 0 Å². The van der Waals surface area contributed by atoms with Gasteiger partial charge < -0.3 is 10.6 Å². The highest BCUT2D eigenvalue weighted by atomic mass is 15.2. The van der Waals surface area contributed by atoms with Gasteiger partial charge in [-0.3, -0.25) is 10.1 Å². The second kappa shape index (κ2) is 9.53. The fraction of sp³-hybridized carbons (Fsp3) is 0.571. The molecule has 2 aromatic rings. The van der Waals surface area contributed by atoms with Gasteiger partial charge in [-0.05, 0) is 30.4 Å². The second-order valence-corrected chi connectivity index (χ2v) is 7.65. The zero-order valence-electron chi connectivity index (χ0n) is 16.7. The van der Waals surface area contributed by atoms with Gasteiger partial charge in [-0.25, -0.2) is 4.98 Å². The van der Waals surface area contributed by atoms with Crippen LogP contribution in [0.4, 0.5) is 0 Å². The molecule has 1 aromatic carbocycles. The lowest BCUT2D eigenvalue weighted by Gasteiger charge is -2.32. The summed E-state index contributed by atoms with van der Waals surface area (Å²) in [6.07, 6.45) is 8.44. The SMILES string of the molecule is CN=C(NCc1cccc(-c2ncn[nH]2)c1)NC(C)C(C)C1CCCCC1. The van der Waals surface area contributed by atoms with Crippen LogP contribution in [0.5, 0.6) is 0 Å². The first kappa shape index (κ1) is 19.4. The summed E-state index contributed by atoms with van der Waals surface area (Å²) in [6.45, 7) is 5.37. The molecule has 0 spiro atoms. The number of guanidine groups is 1. The minimum atomic E-state index is 0.403. The Labute approximate surface area is 162 Å². The van der Waals surface area contributed by atoms with Crippen LogP contribution in [-0.2, 0) is 6.54 Å². The number of benzene rings is 1. The first-order chi connectivity index (χ1) is 13.2. The number of rotatable bonds is 6. The van der Waals surface area contributed by atoms with Gasteiger partial charge in [-0.1, -0.05) is 57.2 Å². The molecule has 1 saturated carbocycles. The van der Waals surface area contributed by atoms with Gasteiger partial charge in [0.25, 0.3) is 0 Å². The summed E-state index contributed by atoms with van der Waals surface area (Å²) < 4.78 is 0. The average Bonchev–Trinajstić information content (AvgIpc) is 3.26. The molecule has 0 saturated heterocycles. The van der Waals surface area contributed by atoms with Crippen LogP contribution in [0, 0.1) is 11.8 Å². The number of H-pyrrole nitrogens is 1. The van der Waals surface area contributed by atoms with E-state index in [-0.39, 0.29) is 0 Å². The molecule has 1 aromatic heterocycles. The Morgan fingerprint density at radius 3 is 2.78 bits per heavy atom. The van der Waals surface area contributed by atoms with Crippen molar-refractivity contribution in [2.75, 3.05) is 7.05 Å². The fourth-order valence-electron chi connectivity index (χ4n) is 3.97. The van der Waals surface area contributed by atoms with Crippen molar-refractivity contribution in [2.45, 2.75) is 58.5 Å². The Hall–Kier alpha value is -2.37. The van der Waals surface area contributed by atoms with Gasteiger partial charge in [0.1, 0.15) is 6.33 Å².